The zero-order valence-electron chi connectivity index (χ0n) is 12.0. The third-order valence-electron chi connectivity index (χ3n) is 3.42. The lowest BCUT2D eigenvalue weighted by atomic mass is 10.00. The predicted octanol–water partition coefficient (Wildman–Crippen LogP) is -0.558. The SMILES string of the molecule is CCN[C@@H](C)C(=O)NCC(=O)OC(=O)C1(N)CCCC1. The number of hydrogen-bond acceptors (Lipinski definition) is 6. The molecule has 0 unspecified atom stereocenters. The Bertz CT molecular complexity index is 378. The lowest BCUT2D eigenvalue weighted by Gasteiger charge is -2.20. The van der Waals surface area contributed by atoms with Crippen molar-refractivity contribution >= 4 is 17.8 Å². The first-order valence-electron chi connectivity index (χ1n) is 6.94. The number of hydrogen-bond donors (Lipinski definition) is 3. The second-order valence-electron chi connectivity index (χ2n) is 5.12. The standard InChI is InChI=1S/C13H23N3O4/c1-3-15-9(2)11(18)16-8-10(17)20-12(19)13(14)6-4-5-7-13/h9,15H,3-8,14H2,1-2H3,(H,16,18)/t9-/m0/s1. The summed E-state index contributed by atoms with van der Waals surface area (Å²) in [6.07, 6.45) is 2.78. The van der Waals surface area contributed by atoms with Crippen molar-refractivity contribution in [1.29, 1.82) is 0 Å². The Morgan fingerprint density at radius 2 is 1.90 bits per heavy atom. The van der Waals surface area contributed by atoms with E-state index in [1.165, 1.54) is 0 Å². The fraction of sp³-hybridized carbons (Fsp3) is 0.769. The minimum atomic E-state index is -1.04. The lowest BCUT2D eigenvalue weighted by molar-refractivity contribution is -0.163. The molecule has 114 valence electrons. The Labute approximate surface area is 118 Å². The first-order valence-corrected chi connectivity index (χ1v) is 6.94. The second kappa shape index (κ2) is 7.35. The average molecular weight is 285 g/mol. The summed E-state index contributed by atoms with van der Waals surface area (Å²) in [6, 6.07) is -0.404. The van der Waals surface area contributed by atoms with E-state index in [2.05, 4.69) is 15.4 Å². The van der Waals surface area contributed by atoms with Crippen molar-refractivity contribution in [2.24, 2.45) is 5.73 Å². The van der Waals surface area contributed by atoms with Gasteiger partial charge < -0.3 is 21.1 Å². The maximum absolute atomic E-state index is 11.8. The molecule has 1 saturated carbocycles. The van der Waals surface area contributed by atoms with E-state index in [0.717, 1.165) is 12.8 Å². The molecule has 0 radical (unpaired) electrons. The first-order chi connectivity index (χ1) is 9.39. The second-order valence-corrected chi connectivity index (χ2v) is 5.12. The summed E-state index contributed by atoms with van der Waals surface area (Å²) in [5.41, 5.74) is 4.83. The average Bonchev–Trinajstić information content (AvgIpc) is 2.84. The molecule has 0 aromatic heterocycles. The summed E-state index contributed by atoms with van der Waals surface area (Å²) < 4.78 is 4.69. The molecule has 1 rings (SSSR count). The highest BCUT2D eigenvalue weighted by Crippen LogP contribution is 2.28. The van der Waals surface area contributed by atoms with E-state index in [1.54, 1.807) is 6.92 Å². The van der Waals surface area contributed by atoms with E-state index in [1.807, 2.05) is 6.92 Å². The molecule has 1 aliphatic rings. The van der Waals surface area contributed by atoms with Crippen LogP contribution < -0.4 is 16.4 Å². The van der Waals surface area contributed by atoms with Gasteiger partial charge >= 0.3 is 11.9 Å². The highest BCUT2D eigenvalue weighted by atomic mass is 16.6. The van der Waals surface area contributed by atoms with Crippen LogP contribution in [0, 0.1) is 0 Å². The number of nitrogens with two attached hydrogens (primary N) is 1. The molecule has 0 heterocycles. The molecule has 0 saturated heterocycles. The van der Waals surface area contributed by atoms with Gasteiger partial charge in [0.2, 0.25) is 5.91 Å². The van der Waals surface area contributed by atoms with Crippen molar-refractivity contribution in [2.75, 3.05) is 13.1 Å². The lowest BCUT2D eigenvalue weighted by Crippen LogP contribution is -2.49. The third-order valence-corrected chi connectivity index (χ3v) is 3.42. The number of amides is 1. The molecule has 0 aromatic rings. The molecule has 0 spiro atoms. The highest BCUT2D eigenvalue weighted by Gasteiger charge is 2.39. The van der Waals surface area contributed by atoms with Crippen molar-refractivity contribution in [2.45, 2.75) is 51.1 Å². The molecular weight excluding hydrogens is 262 g/mol. The number of esters is 2. The molecule has 1 atom stereocenters. The van der Waals surface area contributed by atoms with Gasteiger partial charge in [0.15, 0.2) is 0 Å². The molecule has 1 amide bonds. The molecular formula is C13H23N3O4. The van der Waals surface area contributed by atoms with Crippen molar-refractivity contribution in [3.8, 4) is 0 Å². The molecule has 1 aliphatic carbocycles. The van der Waals surface area contributed by atoms with Crippen molar-refractivity contribution in [1.82, 2.24) is 10.6 Å². The van der Waals surface area contributed by atoms with Gasteiger partial charge in [0.25, 0.3) is 0 Å². The van der Waals surface area contributed by atoms with Crippen LogP contribution in [0.15, 0.2) is 0 Å². The van der Waals surface area contributed by atoms with Gasteiger partial charge in [-0.1, -0.05) is 19.8 Å². The topological polar surface area (TPSA) is 111 Å². The summed E-state index contributed by atoms with van der Waals surface area (Å²) in [5.74, 6) is -1.81. The summed E-state index contributed by atoms with van der Waals surface area (Å²) in [7, 11) is 0. The zero-order chi connectivity index (χ0) is 15.2. The molecule has 0 aromatic carbocycles. The number of rotatable bonds is 6. The van der Waals surface area contributed by atoms with E-state index in [9.17, 15) is 14.4 Å². The molecule has 4 N–H and O–H groups in total. The smallest absolute Gasteiger partial charge is 0.333 e. The summed E-state index contributed by atoms with van der Waals surface area (Å²) >= 11 is 0. The van der Waals surface area contributed by atoms with Crippen molar-refractivity contribution in [3.63, 3.8) is 0 Å². The van der Waals surface area contributed by atoms with Crippen LogP contribution in [0.1, 0.15) is 39.5 Å². The van der Waals surface area contributed by atoms with E-state index in [4.69, 9.17) is 5.73 Å². The van der Waals surface area contributed by atoms with Gasteiger partial charge in [-0.25, -0.2) is 9.59 Å². The maximum atomic E-state index is 11.8. The quantitative estimate of drug-likeness (QED) is 0.446. The predicted molar refractivity (Wildman–Crippen MR) is 72.6 cm³/mol. The number of ether oxygens (including phenoxy) is 1. The van der Waals surface area contributed by atoms with Crippen molar-refractivity contribution in [3.05, 3.63) is 0 Å². The van der Waals surface area contributed by atoms with Crippen LogP contribution in [0.3, 0.4) is 0 Å². The van der Waals surface area contributed by atoms with Gasteiger partial charge in [-0.3, -0.25) is 4.79 Å². The maximum Gasteiger partial charge on any atom is 0.333 e. The minimum Gasteiger partial charge on any atom is -0.390 e. The van der Waals surface area contributed by atoms with Crippen LogP contribution in [-0.2, 0) is 19.1 Å². The first kappa shape index (κ1) is 16.6. The van der Waals surface area contributed by atoms with Gasteiger partial charge in [-0.05, 0) is 26.3 Å². The number of nitrogens with one attached hydrogen (secondary N) is 2. The van der Waals surface area contributed by atoms with Crippen LogP contribution in [0.5, 0.6) is 0 Å². The Kier molecular flexibility index (Phi) is 6.09. The molecule has 20 heavy (non-hydrogen) atoms. The summed E-state index contributed by atoms with van der Waals surface area (Å²) in [5, 5.41) is 5.32. The van der Waals surface area contributed by atoms with E-state index in [-0.39, 0.29) is 12.5 Å². The monoisotopic (exact) mass is 285 g/mol. The van der Waals surface area contributed by atoms with Gasteiger partial charge in [0.05, 0.1) is 6.04 Å². The van der Waals surface area contributed by atoms with Gasteiger partial charge in [-0.15, -0.1) is 0 Å². The van der Waals surface area contributed by atoms with Crippen molar-refractivity contribution < 1.29 is 19.1 Å². The Morgan fingerprint density at radius 3 is 2.45 bits per heavy atom. The van der Waals surface area contributed by atoms with Crippen LogP contribution in [-0.4, -0.2) is 42.5 Å². The fourth-order valence-corrected chi connectivity index (χ4v) is 2.16. The van der Waals surface area contributed by atoms with Crippen LogP contribution in [0.4, 0.5) is 0 Å². The number of carbonyl (C=O) groups excluding carboxylic acids is 3. The van der Waals surface area contributed by atoms with Crippen LogP contribution in [0.25, 0.3) is 0 Å². The van der Waals surface area contributed by atoms with E-state index < -0.39 is 23.5 Å². The number of carbonyl (C=O) groups is 3. The van der Waals surface area contributed by atoms with Gasteiger partial charge in [-0.2, -0.15) is 0 Å². The number of likely N-dealkylation sites (N-methyl/N-ethyl adjacent to an activating group) is 1. The summed E-state index contributed by atoms with van der Waals surface area (Å²) in [4.78, 5) is 34.8. The van der Waals surface area contributed by atoms with Crippen LogP contribution in [0.2, 0.25) is 0 Å². The largest absolute Gasteiger partial charge is 0.390 e. The highest BCUT2D eigenvalue weighted by molar-refractivity contribution is 5.93. The summed E-state index contributed by atoms with van der Waals surface area (Å²) in [6.45, 7) is 3.87. The molecule has 1 fully saturated rings. The normalized spacial score (nSPS) is 18.4. The Balaban J connectivity index is 2.33. The van der Waals surface area contributed by atoms with E-state index in [0.29, 0.717) is 19.4 Å². The van der Waals surface area contributed by atoms with Gasteiger partial charge in [0, 0.05) is 0 Å². The Morgan fingerprint density at radius 1 is 1.30 bits per heavy atom. The fourth-order valence-electron chi connectivity index (χ4n) is 2.16. The van der Waals surface area contributed by atoms with Crippen LogP contribution >= 0.6 is 0 Å². The van der Waals surface area contributed by atoms with Gasteiger partial charge in [0.1, 0.15) is 12.1 Å². The molecule has 7 heteroatoms. The molecule has 0 aliphatic heterocycles. The molecule has 7 nitrogen and oxygen atoms in total. The molecule has 0 bridgehead atoms. The minimum absolute atomic E-state index is 0.320. The van der Waals surface area contributed by atoms with E-state index >= 15 is 0 Å². The zero-order valence-corrected chi connectivity index (χ0v) is 12.0. The Hall–Kier alpha value is -1.47. The third kappa shape index (κ3) is 4.57.